The van der Waals surface area contributed by atoms with Gasteiger partial charge in [0.2, 0.25) is 0 Å². The minimum Gasteiger partial charge on any atom is -0.469 e. The number of carbonyl (C=O) groups is 1. The molecule has 6 rings (SSSR count). The van der Waals surface area contributed by atoms with Crippen LogP contribution in [0.5, 0.6) is 0 Å². The van der Waals surface area contributed by atoms with Crippen LogP contribution in [0.2, 0.25) is 0 Å². The number of nitrogens with zero attached hydrogens (tertiary/aromatic N) is 1. The SMILES string of the molecule is COC(=O)[C@@H]1C[C@@]23C4=C(CC[C@@H]5CN6C[C@@H](C)[C@@H](C[C@@H](O)[C@@]52C)[C@]63O)CC[C@@H]41. The topological polar surface area (TPSA) is 70.0 Å². The minimum atomic E-state index is -0.937. The van der Waals surface area contributed by atoms with E-state index in [0.29, 0.717) is 24.7 Å². The Hall–Kier alpha value is -0.910. The first-order valence-corrected chi connectivity index (χ1v) is 11.3. The summed E-state index contributed by atoms with van der Waals surface area (Å²) in [6.45, 7) is 6.26. The number of allylic oxidation sites excluding steroid dienone is 1. The van der Waals surface area contributed by atoms with E-state index in [2.05, 4.69) is 18.7 Å². The molecule has 2 N–H and O–H groups in total. The van der Waals surface area contributed by atoms with Gasteiger partial charge in [0.25, 0.3) is 0 Å². The zero-order valence-corrected chi connectivity index (χ0v) is 17.3. The molecule has 1 spiro atoms. The highest BCUT2D eigenvalue weighted by Gasteiger charge is 2.82. The van der Waals surface area contributed by atoms with Crippen molar-refractivity contribution < 1.29 is 19.7 Å². The Labute approximate surface area is 167 Å². The molecule has 0 aromatic heterocycles. The predicted octanol–water partition coefficient (Wildman–Crippen LogP) is 2.32. The molecule has 4 bridgehead atoms. The normalized spacial score (nSPS) is 56.6. The van der Waals surface area contributed by atoms with Crippen LogP contribution in [0.25, 0.3) is 0 Å². The van der Waals surface area contributed by atoms with Crippen LogP contribution in [0, 0.1) is 40.4 Å². The summed E-state index contributed by atoms with van der Waals surface area (Å²) in [6, 6.07) is 0. The first-order valence-electron chi connectivity index (χ1n) is 11.3. The van der Waals surface area contributed by atoms with Gasteiger partial charge in [-0.25, -0.2) is 0 Å². The van der Waals surface area contributed by atoms with Crippen molar-refractivity contribution in [3.8, 4) is 0 Å². The average molecular weight is 388 g/mol. The lowest BCUT2D eigenvalue weighted by Gasteiger charge is -2.70. The minimum absolute atomic E-state index is 0.0704. The lowest BCUT2D eigenvalue weighted by molar-refractivity contribution is -0.320. The first kappa shape index (κ1) is 17.9. The quantitative estimate of drug-likeness (QED) is 0.534. The number of piperidine rings is 1. The number of hydrogen-bond acceptors (Lipinski definition) is 5. The van der Waals surface area contributed by atoms with Crippen molar-refractivity contribution in [2.45, 2.75) is 64.2 Å². The molecule has 6 aliphatic rings. The smallest absolute Gasteiger partial charge is 0.309 e. The molecule has 2 heterocycles. The molecule has 0 amide bonds. The lowest BCUT2D eigenvalue weighted by Crippen LogP contribution is -2.77. The van der Waals surface area contributed by atoms with Crippen LogP contribution >= 0.6 is 0 Å². The van der Waals surface area contributed by atoms with Crippen LogP contribution < -0.4 is 0 Å². The van der Waals surface area contributed by atoms with Crippen LogP contribution in [0.3, 0.4) is 0 Å². The lowest BCUT2D eigenvalue weighted by atomic mass is 9.41. The molecule has 9 atom stereocenters. The molecule has 5 nitrogen and oxygen atoms in total. The summed E-state index contributed by atoms with van der Waals surface area (Å²) in [5.74, 6) is 0.671. The number of methoxy groups -OCH3 is 1. The molecular formula is C23H33NO4. The molecule has 0 aromatic carbocycles. The van der Waals surface area contributed by atoms with Crippen molar-refractivity contribution in [1.82, 2.24) is 4.90 Å². The van der Waals surface area contributed by atoms with Gasteiger partial charge in [0, 0.05) is 29.8 Å². The molecule has 0 radical (unpaired) electrons. The van der Waals surface area contributed by atoms with Crippen molar-refractivity contribution in [2.75, 3.05) is 20.2 Å². The fraction of sp³-hybridized carbons (Fsp3) is 0.870. The number of carbonyl (C=O) groups excluding carboxylic acids is 1. The number of ether oxygens (including phenoxy) is 1. The van der Waals surface area contributed by atoms with Crippen molar-refractivity contribution >= 4 is 5.97 Å². The van der Waals surface area contributed by atoms with Crippen molar-refractivity contribution in [3.05, 3.63) is 11.1 Å². The van der Waals surface area contributed by atoms with E-state index < -0.39 is 17.2 Å². The van der Waals surface area contributed by atoms with E-state index in [9.17, 15) is 15.0 Å². The largest absolute Gasteiger partial charge is 0.469 e. The number of esters is 1. The summed E-state index contributed by atoms with van der Waals surface area (Å²) in [6.07, 6.45) is 5.11. The van der Waals surface area contributed by atoms with Gasteiger partial charge in [-0.15, -0.1) is 0 Å². The maximum Gasteiger partial charge on any atom is 0.309 e. The first-order chi connectivity index (χ1) is 13.3. The molecule has 2 aliphatic heterocycles. The summed E-state index contributed by atoms with van der Waals surface area (Å²) >= 11 is 0. The molecule has 4 aliphatic carbocycles. The standard InChI is InChI=1S/C23H33NO4/c1-12-10-24-11-14-6-4-13-5-7-15-16(20(26)28-3)9-22(19(13)15)21(14,2)18(25)8-17(12)23(22,24)27/h12,14-18,25,27H,4-11H2,1-3H3/t12-,14-,15-,16-,17-,18-,21-,22-,23-/m1/s1. The molecular weight excluding hydrogens is 354 g/mol. The number of aliphatic hydroxyl groups is 2. The van der Waals surface area contributed by atoms with Crippen LogP contribution in [0.1, 0.15) is 52.4 Å². The van der Waals surface area contributed by atoms with Gasteiger partial charge in [-0.2, -0.15) is 0 Å². The third kappa shape index (κ3) is 1.58. The van der Waals surface area contributed by atoms with Gasteiger partial charge in [0.05, 0.1) is 19.1 Å². The fourth-order valence-electron chi connectivity index (χ4n) is 9.41. The second-order valence-electron chi connectivity index (χ2n) is 10.9. The molecule has 4 fully saturated rings. The Morgan fingerprint density at radius 1 is 1.25 bits per heavy atom. The third-order valence-corrected chi connectivity index (χ3v) is 10.5. The van der Waals surface area contributed by atoms with Crippen molar-refractivity contribution in [2.24, 2.45) is 40.4 Å². The number of aliphatic hydroxyl groups excluding tert-OH is 1. The molecule has 2 saturated carbocycles. The zero-order valence-electron chi connectivity index (χ0n) is 17.3. The van der Waals surface area contributed by atoms with Gasteiger partial charge in [-0.05, 0) is 56.3 Å². The van der Waals surface area contributed by atoms with Gasteiger partial charge in [-0.3, -0.25) is 9.69 Å². The highest BCUT2D eigenvalue weighted by molar-refractivity contribution is 5.75. The summed E-state index contributed by atoms with van der Waals surface area (Å²) < 4.78 is 5.24. The monoisotopic (exact) mass is 387 g/mol. The molecule has 154 valence electrons. The van der Waals surface area contributed by atoms with E-state index in [0.717, 1.165) is 38.8 Å². The Morgan fingerprint density at radius 2 is 2.00 bits per heavy atom. The van der Waals surface area contributed by atoms with Gasteiger partial charge in [0.15, 0.2) is 0 Å². The Morgan fingerprint density at radius 3 is 2.75 bits per heavy atom. The van der Waals surface area contributed by atoms with Crippen LogP contribution in [-0.4, -0.2) is 53.1 Å². The van der Waals surface area contributed by atoms with E-state index >= 15 is 0 Å². The van der Waals surface area contributed by atoms with Gasteiger partial charge >= 0.3 is 5.97 Å². The van der Waals surface area contributed by atoms with Gasteiger partial charge in [0.1, 0.15) is 5.72 Å². The second kappa shape index (κ2) is 5.22. The highest BCUT2D eigenvalue weighted by Crippen LogP contribution is 2.79. The summed E-state index contributed by atoms with van der Waals surface area (Å²) in [4.78, 5) is 15.2. The van der Waals surface area contributed by atoms with Crippen molar-refractivity contribution in [3.63, 3.8) is 0 Å². The predicted molar refractivity (Wildman–Crippen MR) is 103 cm³/mol. The molecule has 28 heavy (non-hydrogen) atoms. The number of rotatable bonds is 1. The maximum absolute atomic E-state index is 12.8. The highest BCUT2D eigenvalue weighted by atomic mass is 16.5. The Balaban J connectivity index is 1.67. The number of hydrogen-bond donors (Lipinski definition) is 2. The van der Waals surface area contributed by atoms with E-state index in [1.165, 1.54) is 18.3 Å². The summed E-state index contributed by atoms with van der Waals surface area (Å²) in [5, 5.41) is 24.2. The molecule has 5 heteroatoms. The van der Waals surface area contributed by atoms with Crippen LogP contribution in [0.4, 0.5) is 0 Å². The average Bonchev–Trinajstić information content (AvgIpc) is 3.29. The Kier molecular flexibility index (Phi) is 3.34. The zero-order chi connectivity index (χ0) is 19.6. The fourth-order valence-corrected chi connectivity index (χ4v) is 9.41. The van der Waals surface area contributed by atoms with Gasteiger partial charge in [-0.1, -0.05) is 25.0 Å². The van der Waals surface area contributed by atoms with Gasteiger partial charge < -0.3 is 14.9 Å². The third-order valence-electron chi connectivity index (χ3n) is 10.5. The molecule has 0 aromatic rings. The van der Waals surface area contributed by atoms with E-state index in [-0.39, 0.29) is 29.1 Å². The summed E-state index contributed by atoms with van der Waals surface area (Å²) in [7, 11) is 1.49. The maximum atomic E-state index is 12.8. The van der Waals surface area contributed by atoms with Crippen LogP contribution in [0.15, 0.2) is 11.1 Å². The second-order valence-corrected chi connectivity index (χ2v) is 10.9. The summed E-state index contributed by atoms with van der Waals surface area (Å²) in [5.41, 5.74) is 1.04. The van der Waals surface area contributed by atoms with E-state index in [1.807, 2.05) is 0 Å². The van der Waals surface area contributed by atoms with E-state index in [1.54, 1.807) is 0 Å². The Bertz CT molecular complexity index is 793. The molecule has 2 saturated heterocycles. The molecule has 0 unspecified atom stereocenters. The van der Waals surface area contributed by atoms with E-state index in [4.69, 9.17) is 4.74 Å². The van der Waals surface area contributed by atoms with Crippen LogP contribution in [-0.2, 0) is 9.53 Å². The van der Waals surface area contributed by atoms with Crippen molar-refractivity contribution in [1.29, 1.82) is 0 Å².